The summed E-state index contributed by atoms with van der Waals surface area (Å²) in [6.07, 6.45) is -3.35. The number of rotatable bonds is 4. The molecule has 0 aliphatic heterocycles. The number of aromatic nitrogens is 1. The molecule has 0 aliphatic rings. The van der Waals surface area contributed by atoms with Gasteiger partial charge in [-0.25, -0.2) is 0 Å². The highest BCUT2D eigenvalue weighted by molar-refractivity contribution is 5.81. The number of halogens is 3. The maximum atomic E-state index is 12.5. The smallest absolute Gasteiger partial charge is 0.416 e. The average Bonchev–Trinajstić information content (AvgIpc) is 2.68. The number of aromatic amines is 1. The first-order valence-corrected chi connectivity index (χ1v) is 5.77. The number of hydrogen-bond donors (Lipinski definition) is 2. The van der Waals surface area contributed by atoms with E-state index in [1.165, 1.54) is 6.07 Å². The van der Waals surface area contributed by atoms with Crippen LogP contribution in [0.5, 0.6) is 0 Å². The van der Waals surface area contributed by atoms with E-state index in [9.17, 15) is 18.0 Å². The lowest BCUT2D eigenvalue weighted by molar-refractivity contribution is -0.138. The predicted octanol–water partition coefficient (Wildman–Crippen LogP) is 3.59. The van der Waals surface area contributed by atoms with Crippen LogP contribution in [0.1, 0.15) is 24.1 Å². The van der Waals surface area contributed by atoms with Crippen molar-refractivity contribution in [1.82, 2.24) is 4.98 Å². The van der Waals surface area contributed by atoms with E-state index in [-0.39, 0.29) is 6.42 Å². The highest BCUT2D eigenvalue weighted by atomic mass is 19.4. The second-order valence-electron chi connectivity index (χ2n) is 4.34. The molecule has 0 saturated heterocycles. The van der Waals surface area contributed by atoms with E-state index in [1.807, 2.05) is 0 Å². The van der Waals surface area contributed by atoms with E-state index in [0.717, 1.165) is 17.8 Å². The third kappa shape index (κ3) is 3.27. The summed E-state index contributed by atoms with van der Waals surface area (Å²) in [7, 11) is 0. The molecule has 0 atom stereocenters. The van der Waals surface area contributed by atoms with Crippen LogP contribution in [0.25, 0.3) is 10.9 Å². The van der Waals surface area contributed by atoms with Crippen molar-refractivity contribution in [3.8, 4) is 0 Å². The number of carbonyl (C=O) groups is 1. The summed E-state index contributed by atoms with van der Waals surface area (Å²) in [5.74, 6) is -0.879. The fourth-order valence-electron chi connectivity index (χ4n) is 1.93. The fourth-order valence-corrected chi connectivity index (χ4v) is 1.93. The number of alkyl halides is 3. The molecular formula is C13H12F3NO2. The molecule has 2 aromatic rings. The Bertz CT molecular complexity index is 601. The summed E-state index contributed by atoms with van der Waals surface area (Å²) in [6.45, 7) is 0. The van der Waals surface area contributed by atoms with Crippen LogP contribution in [0.15, 0.2) is 24.3 Å². The zero-order chi connectivity index (χ0) is 14.0. The van der Waals surface area contributed by atoms with E-state index in [0.29, 0.717) is 23.7 Å². The number of aliphatic carboxylic acids is 1. The molecule has 0 aliphatic carbocycles. The van der Waals surface area contributed by atoms with Gasteiger partial charge in [0, 0.05) is 23.0 Å². The van der Waals surface area contributed by atoms with Crippen molar-refractivity contribution in [2.45, 2.75) is 25.4 Å². The molecule has 0 amide bonds. The summed E-state index contributed by atoms with van der Waals surface area (Å²) in [4.78, 5) is 13.4. The van der Waals surface area contributed by atoms with Gasteiger partial charge in [-0.05, 0) is 37.1 Å². The van der Waals surface area contributed by atoms with E-state index < -0.39 is 17.7 Å². The second kappa shape index (κ2) is 4.95. The molecule has 0 bridgehead atoms. The standard InChI is InChI=1S/C13H12F3NO2/c14-13(15,16)9-4-5-11-8(6-9)7-10(17-11)2-1-3-12(18)19/h4-7,17H,1-3H2,(H,18,19). The minimum Gasteiger partial charge on any atom is -0.481 e. The summed E-state index contributed by atoms with van der Waals surface area (Å²) >= 11 is 0. The fraction of sp³-hybridized carbons (Fsp3) is 0.308. The first-order chi connectivity index (χ1) is 8.86. The van der Waals surface area contributed by atoms with Crippen LogP contribution in [0.2, 0.25) is 0 Å². The van der Waals surface area contributed by atoms with Gasteiger partial charge in [-0.3, -0.25) is 4.79 Å². The Kier molecular flexibility index (Phi) is 3.50. The Morgan fingerprint density at radius 1 is 1.26 bits per heavy atom. The van der Waals surface area contributed by atoms with Crippen LogP contribution >= 0.6 is 0 Å². The molecular weight excluding hydrogens is 259 g/mol. The van der Waals surface area contributed by atoms with Gasteiger partial charge in [0.25, 0.3) is 0 Å². The van der Waals surface area contributed by atoms with Crippen LogP contribution in [0, 0.1) is 0 Å². The number of carboxylic acid groups (broad SMARTS) is 1. The van der Waals surface area contributed by atoms with Crippen molar-refractivity contribution in [3.05, 3.63) is 35.5 Å². The molecule has 19 heavy (non-hydrogen) atoms. The predicted molar refractivity (Wildman–Crippen MR) is 63.9 cm³/mol. The molecule has 1 aromatic carbocycles. The van der Waals surface area contributed by atoms with Gasteiger partial charge in [-0.1, -0.05) is 0 Å². The Labute approximate surface area is 107 Å². The van der Waals surface area contributed by atoms with Crippen LogP contribution in [-0.4, -0.2) is 16.1 Å². The number of fused-ring (bicyclic) bond motifs is 1. The van der Waals surface area contributed by atoms with Crippen LogP contribution in [0.3, 0.4) is 0 Å². The minimum absolute atomic E-state index is 0.0448. The summed E-state index contributed by atoms with van der Waals surface area (Å²) < 4.78 is 37.6. The molecule has 0 saturated carbocycles. The van der Waals surface area contributed by atoms with Gasteiger partial charge in [0.2, 0.25) is 0 Å². The van der Waals surface area contributed by atoms with Gasteiger partial charge < -0.3 is 10.1 Å². The third-order valence-electron chi connectivity index (χ3n) is 2.84. The first kappa shape index (κ1) is 13.5. The van der Waals surface area contributed by atoms with Crippen LogP contribution in [-0.2, 0) is 17.4 Å². The third-order valence-corrected chi connectivity index (χ3v) is 2.84. The topological polar surface area (TPSA) is 53.1 Å². The number of hydrogen-bond acceptors (Lipinski definition) is 1. The molecule has 2 rings (SSSR count). The number of nitrogens with one attached hydrogen (secondary N) is 1. The molecule has 6 heteroatoms. The number of aryl methyl sites for hydroxylation is 1. The maximum absolute atomic E-state index is 12.5. The van der Waals surface area contributed by atoms with Crippen molar-refractivity contribution >= 4 is 16.9 Å². The molecule has 0 fully saturated rings. The lowest BCUT2D eigenvalue weighted by Gasteiger charge is -2.05. The Morgan fingerprint density at radius 2 is 2.00 bits per heavy atom. The minimum atomic E-state index is -4.35. The highest BCUT2D eigenvalue weighted by Gasteiger charge is 2.30. The molecule has 1 aromatic heterocycles. The first-order valence-electron chi connectivity index (χ1n) is 5.77. The summed E-state index contributed by atoms with van der Waals surface area (Å²) in [5, 5.41) is 9.01. The lowest BCUT2D eigenvalue weighted by atomic mass is 10.1. The maximum Gasteiger partial charge on any atom is 0.416 e. The van der Waals surface area contributed by atoms with Gasteiger partial charge in [0.15, 0.2) is 0 Å². The Hall–Kier alpha value is -1.98. The highest BCUT2D eigenvalue weighted by Crippen LogP contribution is 2.31. The van der Waals surface area contributed by atoms with E-state index >= 15 is 0 Å². The van der Waals surface area contributed by atoms with Gasteiger partial charge in [0.05, 0.1) is 5.56 Å². The van der Waals surface area contributed by atoms with Crippen molar-refractivity contribution in [2.75, 3.05) is 0 Å². The SMILES string of the molecule is O=C(O)CCCc1cc2cc(C(F)(F)F)ccc2[nH]1. The van der Waals surface area contributed by atoms with Crippen LogP contribution in [0.4, 0.5) is 13.2 Å². The largest absolute Gasteiger partial charge is 0.481 e. The molecule has 2 N–H and O–H groups in total. The van der Waals surface area contributed by atoms with E-state index in [4.69, 9.17) is 5.11 Å². The van der Waals surface area contributed by atoms with Gasteiger partial charge >= 0.3 is 12.1 Å². The number of carboxylic acids is 1. The van der Waals surface area contributed by atoms with Crippen molar-refractivity contribution < 1.29 is 23.1 Å². The number of H-pyrrole nitrogens is 1. The normalized spacial score (nSPS) is 11.9. The average molecular weight is 271 g/mol. The van der Waals surface area contributed by atoms with Gasteiger partial charge in [-0.2, -0.15) is 13.2 Å². The quantitative estimate of drug-likeness (QED) is 0.892. The Morgan fingerprint density at radius 3 is 2.63 bits per heavy atom. The van der Waals surface area contributed by atoms with E-state index in [1.54, 1.807) is 6.07 Å². The molecule has 102 valence electrons. The van der Waals surface area contributed by atoms with Gasteiger partial charge in [-0.15, -0.1) is 0 Å². The van der Waals surface area contributed by atoms with E-state index in [2.05, 4.69) is 4.98 Å². The number of benzene rings is 1. The Balaban J connectivity index is 2.18. The molecule has 1 heterocycles. The zero-order valence-electron chi connectivity index (χ0n) is 9.92. The van der Waals surface area contributed by atoms with Gasteiger partial charge in [0.1, 0.15) is 0 Å². The molecule has 0 radical (unpaired) electrons. The molecule has 0 spiro atoms. The van der Waals surface area contributed by atoms with Crippen LogP contribution < -0.4 is 0 Å². The van der Waals surface area contributed by atoms with Crippen molar-refractivity contribution in [1.29, 1.82) is 0 Å². The molecule has 0 unspecified atom stereocenters. The monoisotopic (exact) mass is 271 g/mol. The van der Waals surface area contributed by atoms with Crippen molar-refractivity contribution in [3.63, 3.8) is 0 Å². The zero-order valence-corrected chi connectivity index (χ0v) is 9.92. The lowest BCUT2D eigenvalue weighted by Crippen LogP contribution is -2.03. The summed E-state index contributed by atoms with van der Waals surface area (Å²) in [5.41, 5.74) is 0.685. The van der Waals surface area contributed by atoms with Crippen molar-refractivity contribution in [2.24, 2.45) is 0 Å². The summed E-state index contributed by atoms with van der Waals surface area (Å²) in [6, 6.07) is 5.14. The molecule has 3 nitrogen and oxygen atoms in total. The second-order valence-corrected chi connectivity index (χ2v) is 4.34.